The molecule has 2 N–H and O–H groups in total. The highest BCUT2D eigenvalue weighted by atomic mass is 16.5. The van der Waals surface area contributed by atoms with Crippen LogP contribution in [0.2, 0.25) is 0 Å². The summed E-state index contributed by atoms with van der Waals surface area (Å²) in [5, 5.41) is 13.2. The van der Waals surface area contributed by atoms with Crippen molar-refractivity contribution in [2.75, 3.05) is 12.4 Å². The number of phenolic OH excluding ortho intramolecular Hbond substituents is 1. The predicted octanol–water partition coefficient (Wildman–Crippen LogP) is 3.29. The van der Waals surface area contributed by atoms with Crippen LogP contribution in [0.1, 0.15) is 26.4 Å². The summed E-state index contributed by atoms with van der Waals surface area (Å²) in [4.78, 5) is 28.6. The lowest BCUT2D eigenvalue weighted by Gasteiger charge is -2.11. The summed E-state index contributed by atoms with van der Waals surface area (Å²) in [6.45, 7) is 1.81. The Balaban J connectivity index is 2.06. The van der Waals surface area contributed by atoms with Gasteiger partial charge in [-0.15, -0.1) is 0 Å². The lowest BCUT2D eigenvalue weighted by atomic mass is 10.1. The Hall–Kier alpha value is -3.41. The normalized spacial score (nSPS) is 10.5. The number of aryl methyl sites for hydroxylation is 1. The second-order valence-corrected chi connectivity index (χ2v) is 5.51. The number of rotatable bonds is 3. The van der Waals surface area contributed by atoms with Gasteiger partial charge in [-0.25, -0.2) is 4.79 Å². The molecule has 0 radical (unpaired) electrons. The molecule has 2 aromatic carbocycles. The number of para-hydroxylation sites is 1. The first-order valence-electron chi connectivity index (χ1n) is 7.58. The first-order chi connectivity index (χ1) is 12.0. The monoisotopic (exact) mass is 336 g/mol. The van der Waals surface area contributed by atoms with Gasteiger partial charge in [-0.1, -0.05) is 12.1 Å². The zero-order valence-electron chi connectivity index (χ0n) is 13.7. The van der Waals surface area contributed by atoms with Crippen LogP contribution in [0.5, 0.6) is 5.75 Å². The van der Waals surface area contributed by atoms with Crippen molar-refractivity contribution in [1.29, 1.82) is 0 Å². The minimum Gasteiger partial charge on any atom is -0.507 e. The maximum absolute atomic E-state index is 12.5. The Bertz CT molecular complexity index is 982. The smallest absolute Gasteiger partial charge is 0.337 e. The summed E-state index contributed by atoms with van der Waals surface area (Å²) in [5.74, 6) is -1.03. The zero-order valence-corrected chi connectivity index (χ0v) is 13.7. The van der Waals surface area contributed by atoms with Crippen LogP contribution in [0.15, 0.2) is 48.5 Å². The maximum atomic E-state index is 12.5. The average Bonchev–Trinajstić information content (AvgIpc) is 2.61. The van der Waals surface area contributed by atoms with Crippen LogP contribution >= 0.6 is 0 Å². The second-order valence-electron chi connectivity index (χ2n) is 5.51. The molecule has 0 fully saturated rings. The summed E-state index contributed by atoms with van der Waals surface area (Å²) in [7, 11) is 1.31. The molecular formula is C19H16N2O4. The third kappa shape index (κ3) is 3.28. The number of nitrogens with one attached hydrogen (secondary N) is 1. The molecule has 6 nitrogen and oxygen atoms in total. The Morgan fingerprint density at radius 1 is 1.12 bits per heavy atom. The van der Waals surface area contributed by atoms with E-state index in [0.717, 1.165) is 0 Å². The minimum absolute atomic E-state index is 0.106. The number of carbonyl (C=O) groups is 2. The highest BCUT2D eigenvalue weighted by Crippen LogP contribution is 2.26. The third-order valence-electron chi connectivity index (χ3n) is 3.75. The number of aromatic hydroxyl groups is 1. The van der Waals surface area contributed by atoms with Crippen LogP contribution in [0, 0.1) is 6.92 Å². The summed E-state index contributed by atoms with van der Waals surface area (Å²) in [6, 6.07) is 12.9. The maximum Gasteiger partial charge on any atom is 0.337 e. The van der Waals surface area contributed by atoms with E-state index in [2.05, 4.69) is 10.3 Å². The Labute approximate surface area is 144 Å². The molecule has 0 saturated carbocycles. The fourth-order valence-corrected chi connectivity index (χ4v) is 2.56. The van der Waals surface area contributed by atoms with Crippen molar-refractivity contribution in [2.24, 2.45) is 0 Å². The molecule has 0 aliphatic carbocycles. The van der Waals surface area contributed by atoms with Crippen LogP contribution in [0.4, 0.5) is 5.69 Å². The van der Waals surface area contributed by atoms with Gasteiger partial charge in [0.1, 0.15) is 5.75 Å². The fraction of sp³-hybridized carbons (Fsp3) is 0.105. The number of benzene rings is 2. The number of anilines is 1. The Morgan fingerprint density at radius 3 is 2.60 bits per heavy atom. The van der Waals surface area contributed by atoms with Gasteiger partial charge in [0.2, 0.25) is 0 Å². The van der Waals surface area contributed by atoms with Crippen molar-refractivity contribution >= 4 is 28.5 Å². The van der Waals surface area contributed by atoms with E-state index < -0.39 is 11.9 Å². The SMILES string of the molecule is COC(=O)c1ccc2nc(C)cc(NC(=O)c3ccccc3O)c2c1. The first kappa shape index (κ1) is 16.4. The lowest BCUT2D eigenvalue weighted by molar-refractivity contribution is 0.0601. The number of aromatic nitrogens is 1. The molecule has 1 amide bonds. The topological polar surface area (TPSA) is 88.5 Å². The van der Waals surface area contributed by atoms with Crippen LogP contribution in [-0.2, 0) is 4.74 Å². The summed E-state index contributed by atoms with van der Waals surface area (Å²) in [5.41, 5.74) is 2.38. The number of hydrogen-bond acceptors (Lipinski definition) is 5. The highest BCUT2D eigenvalue weighted by molar-refractivity contribution is 6.10. The molecule has 0 bridgehead atoms. The molecular weight excluding hydrogens is 320 g/mol. The fourth-order valence-electron chi connectivity index (χ4n) is 2.56. The van der Waals surface area contributed by atoms with Crippen molar-refractivity contribution in [2.45, 2.75) is 6.92 Å². The van der Waals surface area contributed by atoms with Crippen LogP contribution in [0.3, 0.4) is 0 Å². The quantitative estimate of drug-likeness (QED) is 0.717. The van der Waals surface area contributed by atoms with Gasteiger partial charge >= 0.3 is 5.97 Å². The summed E-state index contributed by atoms with van der Waals surface area (Å²) >= 11 is 0. The lowest BCUT2D eigenvalue weighted by Crippen LogP contribution is -2.13. The van der Waals surface area contributed by atoms with E-state index in [1.54, 1.807) is 36.4 Å². The number of fused-ring (bicyclic) bond motifs is 1. The van der Waals surface area contributed by atoms with E-state index in [-0.39, 0.29) is 11.3 Å². The van der Waals surface area contributed by atoms with Crippen LogP contribution in [-0.4, -0.2) is 29.1 Å². The van der Waals surface area contributed by atoms with E-state index in [4.69, 9.17) is 4.74 Å². The van der Waals surface area contributed by atoms with Crippen molar-refractivity contribution in [3.05, 3.63) is 65.4 Å². The van der Waals surface area contributed by atoms with Gasteiger partial charge < -0.3 is 15.2 Å². The second kappa shape index (κ2) is 6.60. The molecule has 0 atom stereocenters. The van der Waals surface area contributed by atoms with Crippen molar-refractivity contribution in [1.82, 2.24) is 4.98 Å². The Morgan fingerprint density at radius 2 is 1.88 bits per heavy atom. The number of esters is 1. The molecule has 0 spiro atoms. The number of carbonyl (C=O) groups excluding carboxylic acids is 2. The largest absolute Gasteiger partial charge is 0.507 e. The van der Waals surface area contributed by atoms with Crippen LogP contribution < -0.4 is 5.32 Å². The molecule has 0 saturated heterocycles. The van der Waals surface area contributed by atoms with Gasteiger partial charge in [0.25, 0.3) is 5.91 Å². The third-order valence-corrected chi connectivity index (χ3v) is 3.75. The number of phenols is 1. The van der Waals surface area contributed by atoms with Gasteiger partial charge in [0.15, 0.2) is 0 Å². The molecule has 1 heterocycles. The highest BCUT2D eigenvalue weighted by Gasteiger charge is 2.14. The van der Waals surface area contributed by atoms with Crippen molar-refractivity contribution < 1.29 is 19.4 Å². The van der Waals surface area contributed by atoms with E-state index >= 15 is 0 Å². The van der Waals surface area contributed by atoms with E-state index in [9.17, 15) is 14.7 Å². The number of hydrogen-bond donors (Lipinski definition) is 2. The van der Waals surface area contributed by atoms with Gasteiger partial charge in [-0.2, -0.15) is 0 Å². The van der Waals surface area contributed by atoms with Gasteiger partial charge in [-0.05, 0) is 43.3 Å². The predicted molar refractivity (Wildman–Crippen MR) is 93.9 cm³/mol. The number of methoxy groups -OCH3 is 1. The first-order valence-corrected chi connectivity index (χ1v) is 7.58. The standard InChI is InChI=1S/C19H16N2O4/c1-11-9-16(21-18(23)13-5-3-4-6-17(13)22)14-10-12(19(24)25-2)7-8-15(14)20-11/h3-10,22H,1-2H3,(H,20,21,23). The van der Waals surface area contributed by atoms with E-state index in [1.165, 1.54) is 19.2 Å². The molecule has 6 heteroatoms. The minimum atomic E-state index is -0.472. The molecule has 0 aliphatic heterocycles. The molecule has 25 heavy (non-hydrogen) atoms. The van der Waals surface area contributed by atoms with Crippen molar-refractivity contribution in [3.8, 4) is 5.75 Å². The zero-order chi connectivity index (χ0) is 18.0. The van der Waals surface area contributed by atoms with Crippen LogP contribution in [0.25, 0.3) is 10.9 Å². The van der Waals surface area contributed by atoms with Crippen molar-refractivity contribution in [3.63, 3.8) is 0 Å². The van der Waals surface area contributed by atoms with E-state index in [0.29, 0.717) is 27.8 Å². The molecule has 1 aromatic heterocycles. The van der Waals surface area contributed by atoms with Gasteiger partial charge in [-0.3, -0.25) is 9.78 Å². The Kier molecular flexibility index (Phi) is 4.35. The summed E-state index contributed by atoms with van der Waals surface area (Å²) < 4.78 is 4.74. The molecule has 0 unspecified atom stereocenters. The number of nitrogens with zero attached hydrogens (tertiary/aromatic N) is 1. The number of ether oxygens (including phenoxy) is 1. The number of amides is 1. The van der Waals surface area contributed by atoms with Gasteiger partial charge in [0.05, 0.1) is 29.4 Å². The van der Waals surface area contributed by atoms with E-state index in [1.807, 2.05) is 6.92 Å². The number of pyridine rings is 1. The average molecular weight is 336 g/mol. The molecule has 3 aromatic rings. The molecule has 126 valence electrons. The van der Waals surface area contributed by atoms with Gasteiger partial charge in [0, 0.05) is 11.1 Å². The molecule has 3 rings (SSSR count). The molecule has 0 aliphatic rings. The summed E-state index contributed by atoms with van der Waals surface area (Å²) in [6.07, 6.45) is 0.